The molecule has 1 fully saturated rings. The average molecular weight is 188 g/mol. The molecule has 0 spiro atoms. The summed E-state index contributed by atoms with van der Waals surface area (Å²) in [5, 5.41) is 11.6. The molecule has 2 N–H and O–H groups in total. The Labute approximate surface area is 77.7 Å². The van der Waals surface area contributed by atoms with Crippen LogP contribution >= 0.6 is 0 Å². The van der Waals surface area contributed by atoms with Crippen LogP contribution in [0, 0.1) is 0 Å². The van der Waals surface area contributed by atoms with Crippen LogP contribution in [0.4, 0.5) is 0 Å². The second-order valence-corrected chi connectivity index (χ2v) is 3.09. The molecule has 13 heavy (non-hydrogen) atoms. The number of nitrogens with zero attached hydrogens (tertiary/aromatic N) is 1. The maximum atomic E-state index is 10.7. The van der Waals surface area contributed by atoms with Crippen molar-refractivity contribution in [3.05, 3.63) is 0 Å². The Balaban J connectivity index is 2.31. The highest BCUT2D eigenvalue weighted by molar-refractivity contribution is 5.73. The van der Waals surface area contributed by atoms with Gasteiger partial charge in [0.05, 0.1) is 13.2 Å². The Hall–Kier alpha value is -0.650. The van der Waals surface area contributed by atoms with Crippen molar-refractivity contribution in [3.8, 4) is 0 Å². The van der Waals surface area contributed by atoms with Crippen LogP contribution in [0.3, 0.4) is 0 Å². The van der Waals surface area contributed by atoms with Crippen LogP contribution in [0.1, 0.15) is 0 Å². The van der Waals surface area contributed by atoms with E-state index in [1.165, 1.54) is 0 Å². The molecule has 0 unspecified atom stereocenters. The highest BCUT2D eigenvalue weighted by Crippen LogP contribution is 1.98. The van der Waals surface area contributed by atoms with Crippen LogP contribution in [-0.2, 0) is 9.53 Å². The second kappa shape index (κ2) is 5.16. The number of carbonyl (C=O) groups is 1. The number of ether oxygens (including phenoxy) is 1. The molecular weight excluding hydrogens is 172 g/mol. The van der Waals surface area contributed by atoms with Gasteiger partial charge in [-0.15, -0.1) is 0 Å². The Morgan fingerprint density at radius 3 is 2.69 bits per heavy atom. The zero-order valence-electron chi connectivity index (χ0n) is 7.82. The highest BCUT2D eigenvalue weighted by atomic mass is 16.5. The van der Waals surface area contributed by atoms with Gasteiger partial charge in [0.25, 0.3) is 0 Å². The first-order valence-electron chi connectivity index (χ1n) is 4.44. The largest absolute Gasteiger partial charge is 0.480 e. The second-order valence-electron chi connectivity index (χ2n) is 3.09. The van der Waals surface area contributed by atoms with Gasteiger partial charge in [-0.25, -0.2) is 0 Å². The number of nitrogens with one attached hydrogen (secondary N) is 1. The van der Waals surface area contributed by atoms with Crippen LogP contribution in [-0.4, -0.2) is 61.9 Å². The van der Waals surface area contributed by atoms with Gasteiger partial charge in [-0.2, -0.15) is 0 Å². The minimum absolute atomic E-state index is 0.474. The van der Waals surface area contributed by atoms with E-state index in [-0.39, 0.29) is 0 Å². The van der Waals surface area contributed by atoms with E-state index in [0.717, 1.165) is 13.1 Å². The van der Waals surface area contributed by atoms with Gasteiger partial charge in [0, 0.05) is 19.6 Å². The molecule has 5 heteroatoms. The molecule has 0 bridgehead atoms. The number of likely N-dealkylation sites (N-methyl/N-ethyl adjacent to an activating group) is 1. The quantitative estimate of drug-likeness (QED) is 0.592. The third-order valence-electron chi connectivity index (χ3n) is 2.19. The molecule has 1 saturated heterocycles. The molecule has 76 valence electrons. The molecule has 0 radical (unpaired) electrons. The van der Waals surface area contributed by atoms with Gasteiger partial charge >= 0.3 is 5.97 Å². The summed E-state index contributed by atoms with van der Waals surface area (Å²) in [5.41, 5.74) is 0. The summed E-state index contributed by atoms with van der Waals surface area (Å²) in [5.74, 6) is -0.797. The van der Waals surface area contributed by atoms with E-state index in [4.69, 9.17) is 9.84 Å². The number of aliphatic carboxylic acids is 1. The predicted octanol–water partition coefficient (Wildman–Crippen LogP) is -1.01. The number of rotatable bonds is 4. The summed E-state index contributed by atoms with van der Waals surface area (Å²) in [6, 6.07) is -0.474. The van der Waals surface area contributed by atoms with E-state index in [1.54, 1.807) is 7.05 Å². The van der Waals surface area contributed by atoms with Crippen molar-refractivity contribution < 1.29 is 14.6 Å². The van der Waals surface area contributed by atoms with E-state index < -0.39 is 12.0 Å². The van der Waals surface area contributed by atoms with Crippen molar-refractivity contribution in [2.24, 2.45) is 0 Å². The van der Waals surface area contributed by atoms with Crippen LogP contribution in [0.2, 0.25) is 0 Å². The van der Waals surface area contributed by atoms with Crippen LogP contribution in [0.5, 0.6) is 0 Å². The number of carboxylic acid groups (broad SMARTS) is 1. The van der Waals surface area contributed by atoms with Crippen molar-refractivity contribution in [3.63, 3.8) is 0 Å². The molecule has 0 saturated carbocycles. The first kappa shape index (κ1) is 10.4. The van der Waals surface area contributed by atoms with Gasteiger partial charge in [0.1, 0.15) is 6.04 Å². The summed E-state index contributed by atoms with van der Waals surface area (Å²) in [7, 11) is 1.67. The first-order valence-corrected chi connectivity index (χ1v) is 4.44. The highest BCUT2D eigenvalue weighted by Gasteiger charge is 2.20. The standard InChI is InChI=1S/C8H16N2O3/c1-9-7(8(11)12)6-10-2-4-13-5-3-10/h7,9H,2-6H2,1H3,(H,11,12)/t7-/m0/s1. The molecule has 1 aliphatic rings. The minimum atomic E-state index is -0.797. The lowest BCUT2D eigenvalue weighted by Crippen LogP contribution is -2.48. The van der Waals surface area contributed by atoms with Crippen molar-refractivity contribution in [1.82, 2.24) is 10.2 Å². The molecule has 5 nitrogen and oxygen atoms in total. The van der Waals surface area contributed by atoms with Crippen LogP contribution < -0.4 is 5.32 Å². The fraction of sp³-hybridized carbons (Fsp3) is 0.875. The van der Waals surface area contributed by atoms with E-state index >= 15 is 0 Å². The van der Waals surface area contributed by atoms with E-state index in [2.05, 4.69) is 10.2 Å². The Bertz CT molecular complexity index is 169. The Morgan fingerprint density at radius 2 is 2.23 bits per heavy atom. The maximum absolute atomic E-state index is 10.7. The molecule has 1 rings (SSSR count). The van der Waals surface area contributed by atoms with Gasteiger partial charge in [-0.3, -0.25) is 9.69 Å². The molecular formula is C8H16N2O3. The summed E-state index contributed by atoms with van der Waals surface area (Å²) in [6.07, 6.45) is 0. The predicted molar refractivity (Wildman–Crippen MR) is 47.7 cm³/mol. The molecule has 0 aliphatic carbocycles. The Kier molecular flexibility index (Phi) is 4.14. The first-order chi connectivity index (χ1) is 6.24. The lowest BCUT2D eigenvalue weighted by molar-refractivity contribution is -0.140. The third kappa shape index (κ3) is 3.30. The van der Waals surface area contributed by atoms with E-state index in [0.29, 0.717) is 19.8 Å². The van der Waals surface area contributed by atoms with Gasteiger partial charge in [0.15, 0.2) is 0 Å². The van der Waals surface area contributed by atoms with Gasteiger partial charge in [-0.1, -0.05) is 0 Å². The SMILES string of the molecule is CN[C@@H](CN1CCOCC1)C(=O)O. The summed E-state index contributed by atoms with van der Waals surface area (Å²) >= 11 is 0. The van der Waals surface area contributed by atoms with E-state index in [9.17, 15) is 4.79 Å². The molecule has 0 aromatic rings. The average Bonchev–Trinajstić information content (AvgIpc) is 2.15. The van der Waals surface area contributed by atoms with Gasteiger partial charge in [-0.05, 0) is 7.05 Å². The van der Waals surface area contributed by atoms with Gasteiger partial charge < -0.3 is 15.2 Å². The maximum Gasteiger partial charge on any atom is 0.322 e. The van der Waals surface area contributed by atoms with Crippen molar-refractivity contribution in [2.75, 3.05) is 39.9 Å². The smallest absolute Gasteiger partial charge is 0.322 e. The summed E-state index contributed by atoms with van der Waals surface area (Å²) in [4.78, 5) is 12.8. The topological polar surface area (TPSA) is 61.8 Å². The number of hydrogen-bond acceptors (Lipinski definition) is 4. The molecule has 1 aliphatic heterocycles. The van der Waals surface area contributed by atoms with Crippen LogP contribution in [0.25, 0.3) is 0 Å². The number of carboxylic acids is 1. The van der Waals surface area contributed by atoms with Crippen molar-refractivity contribution in [2.45, 2.75) is 6.04 Å². The van der Waals surface area contributed by atoms with Gasteiger partial charge in [0.2, 0.25) is 0 Å². The summed E-state index contributed by atoms with van der Waals surface area (Å²) in [6.45, 7) is 3.61. The zero-order chi connectivity index (χ0) is 9.68. The molecule has 1 atom stereocenters. The normalized spacial score (nSPS) is 21.3. The number of morpholine rings is 1. The Morgan fingerprint density at radius 1 is 1.62 bits per heavy atom. The zero-order valence-corrected chi connectivity index (χ0v) is 7.82. The third-order valence-corrected chi connectivity index (χ3v) is 2.19. The van der Waals surface area contributed by atoms with E-state index in [1.807, 2.05) is 0 Å². The lowest BCUT2D eigenvalue weighted by Gasteiger charge is -2.28. The minimum Gasteiger partial charge on any atom is -0.480 e. The molecule has 0 aromatic heterocycles. The fourth-order valence-electron chi connectivity index (χ4n) is 1.33. The number of hydrogen-bond donors (Lipinski definition) is 2. The van der Waals surface area contributed by atoms with Crippen LogP contribution in [0.15, 0.2) is 0 Å². The monoisotopic (exact) mass is 188 g/mol. The molecule has 0 aromatic carbocycles. The van der Waals surface area contributed by atoms with Crippen molar-refractivity contribution >= 4 is 5.97 Å². The summed E-state index contributed by atoms with van der Waals surface area (Å²) < 4.78 is 5.17. The van der Waals surface area contributed by atoms with Crippen molar-refractivity contribution in [1.29, 1.82) is 0 Å². The fourth-order valence-corrected chi connectivity index (χ4v) is 1.33. The molecule has 1 heterocycles. The lowest BCUT2D eigenvalue weighted by atomic mass is 10.2. The molecule has 0 amide bonds.